The van der Waals surface area contributed by atoms with Gasteiger partial charge in [-0.15, -0.1) is 0 Å². The lowest BCUT2D eigenvalue weighted by Crippen LogP contribution is -1.84. The topological polar surface area (TPSA) is 12.9 Å². The van der Waals surface area contributed by atoms with E-state index in [4.69, 9.17) is 46.4 Å². The highest BCUT2D eigenvalue weighted by atomic mass is 35.5. The van der Waals surface area contributed by atoms with Crippen LogP contribution in [0.1, 0.15) is 0 Å². The Hall–Kier alpha value is -0.470. The molecular weight excluding hydrogens is 288 g/mol. The maximum absolute atomic E-state index is 6.10. The van der Waals surface area contributed by atoms with Crippen molar-refractivity contribution >= 4 is 46.4 Å². The fourth-order valence-corrected chi connectivity index (χ4v) is 2.27. The smallest absolute Gasteiger partial charge is 0.0672 e. The minimum atomic E-state index is 0.400. The van der Waals surface area contributed by atoms with Crippen LogP contribution in [0.15, 0.2) is 30.6 Å². The molecule has 0 spiro atoms. The lowest BCUT2D eigenvalue weighted by atomic mass is 10.1. The van der Waals surface area contributed by atoms with Gasteiger partial charge in [-0.1, -0.05) is 46.4 Å². The van der Waals surface area contributed by atoms with Gasteiger partial charge in [0.1, 0.15) is 0 Å². The number of hydrogen-bond acceptors (Lipinski definition) is 1. The summed E-state index contributed by atoms with van der Waals surface area (Å²) in [6, 6.07) is 5.07. The molecule has 0 bridgehead atoms. The van der Waals surface area contributed by atoms with Gasteiger partial charge in [0.2, 0.25) is 0 Å². The van der Waals surface area contributed by atoms with E-state index in [9.17, 15) is 0 Å². The zero-order chi connectivity index (χ0) is 11.7. The first-order chi connectivity index (χ1) is 7.59. The van der Waals surface area contributed by atoms with Crippen LogP contribution < -0.4 is 0 Å². The minimum Gasteiger partial charge on any atom is -0.263 e. The van der Waals surface area contributed by atoms with Crippen LogP contribution in [0.25, 0.3) is 11.1 Å². The molecule has 0 saturated carbocycles. The van der Waals surface area contributed by atoms with E-state index in [0.29, 0.717) is 25.7 Å². The Morgan fingerprint density at radius 2 is 1.62 bits per heavy atom. The quantitative estimate of drug-likeness (QED) is 0.645. The van der Waals surface area contributed by atoms with Crippen LogP contribution in [0.2, 0.25) is 20.1 Å². The van der Waals surface area contributed by atoms with Gasteiger partial charge < -0.3 is 0 Å². The van der Waals surface area contributed by atoms with Crippen LogP contribution in [-0.2, 0) is 0 Å². The zero-order valence-electron chi connectivity index (χ0n) is 7.85. The summed E-state index contributed by atoms with van der Waals surface area (Å²) in [5.74, 6) is 0. The van der Waals surface area contributed by atoms with E-state index in [1.54, 1.807) is 30.6 Å². The van der Waals surface area contributed by atoms with Crippen molar-refractivity contribution < 1.29 is 0 Å². The summed E-state index contributed by atoms with van der Waals surface area (Å²) in [6.45, 7) is 0. The molecule has 82 valence electrons. The van der Waals surface area contributed by atoms with E-state index < -0.39 is 0 Å². The van der Waals surface area contributed by atoms with Crippen molar-refractivity contribution in [3.8, 4) is 11.1 Å². The monoisotopic (exact) mass is 291 g/mol. The molecule has 0 radical (unpaired) electrons. The lowest BCUT2D eigenvalue weighted by molar-refractivity contribution is 1.33. The molecule has 0 aliphatic carbocycles. The Kier molecular flexibility index (Phi) is 3.60. The van der Waals surface area contributed by atoms with Gasteiger partial charge >= 0.3 is 0 Å². The molecule has 2 rings (SSSR count). The van der Waals surface area contributed by atoms with Crippen molar-refractivity contribution in [3.05, 3.63) is 50.7 Å². The molecular formula is C11H5Cl4N. The van der Waals surface area contributed by atoms with E-state index in [1.165, 1.54) is 0 Å². The van der Waals surface area contributed by atoms with Gasteiger partial charge in [-0.25, -0.2) is 0 Å². The van der Waals surface area contributed by atoms with Crippen molar-refractivity contribution in [2.75, 3.05) is 0 Å². The Balaban J connectivity index is 2.69. The first kappa shape index (κ1) is 12.0. The molecule has 16 heavy (non-hydrogen) atoms. The van der Waals surface area contributed by atoms with Gasteiger partial charge in [0.05, 0.1) is 15.1 Å². The minimum absolute atomic E-state index is 0.400. The average molecular weight is 293 g/mol. The summed E-state index contributed by atoms with van der Waals surface area (Å²) >= 11 is 24.0. The molecule has 1 aromatic heterocycles. The maximum atomic E-state index is 6.10. The Morgan fingerprint density at radius 3 is 2.31 bits per heavy atom. The van der Waals surface area contributed by atoms with Gasteiger partial charge in [-0.3, -0.25) is 4.98 Å². The Morgan fingerprint density at radius 1 is 0.875 bits per heavy atom. The molecule has 0 aliphatic heterocycles. The fourth-order valence-electron chi connectivity index (χ4n) is 1.35. The third-order valence-electron chi connectivity index (χ3n) is 2.06. The molecule has 1 aromatic carbocycles. The summed E-state index contributed by atoms with van der Waals surface area (Å²) in [5, 5.41) is 1.84. The average Bonchev–Trinajstić information content (AvgIpc) is 2.24. The molecule has 0 unspecified atom stereocenters. The molecule has 0 amide bonds. The number of benzene rings is 1. The van der Waals surface area contributed by atoms with E-state index in [0.717, 1.165) is 5.56 Å². The Labute approximate surface area is 113 Å². The molecule has 1 heterocycles. The van der Waals surface area contributed by atoms with Gasteiger partial charge in [0.25, 0.3) is 0 Å². The summed E-state index contributed by atoms with van der Waals surface area (Å²) < 4.78 is 0. The van der Waals surface area contributed by atoms with Crippen LogP contribution in [0.5, 0.6) is 0 Å². The van der Waals surface area contributed by atoms with Crippen molar-refractivity contribution in [3.63, 3.8) is 0 Å². The van der Waals surface area contributed by atoms with Crippen LogP contribution in [0.4, 0.5) is 0 Å². The number of nitrogens with zero attached hydrogens (tertiary/aromatic N) is 1. The number of pyridine rings is 1. The van der Waals surface area contributed by atoms with E-state index in [-0.39, 0.29) is 0 Å². The molecule has 0 atom stereocenters. The van der Waals surface area contributed by atoms with E-state index in [2.05, 4.69) is 4.98 Å². The van der Waals surface area contributed by atoms with Crippen molar-refractivity contribution in [1.82, 2.24) is 4.98 Å². The molecule has 0 saturated heterocycles. The third kappa shape index (κ3) is 2.28. The van der Waals surface area contributed by atoms with E-state index in [1.807, 2.05) is 0 Å². The largest absolute Gasteiger partial charge is 0.263 e. The van der Waals surface area contributed by atoms with Gasteiger partial charge in [0.15, 0.2) is 0 Å². The highest BCUT2D eigenvalue weighted by Crippen LogP contribution is 2.38. The molecule has 0 N–H and O–H groups in total. The summed E-state index contributed by atoms with van der Waals surface area (Å²) in [6.07, 6.45) is 3.17. The van der Waals surface area contributed by atoms with Gasteiger partial charge in [0, 0.05) is 28.5 Å². The summed E-state index contributed by atoms with van der Waals surface area (Å²) in [7, 11) is 0. The second-order valence-corrected chi connectivity index (χ2v) is 4.73. The predicted molar refractivity (Wildman–Crippen MR) is 69.7 cm³/mol. The number of halogens is 4. The lowest BCUT2D eigenvalue weighted by Gasteiger charge is -2.08. The molecule has 1 nitrogen and oxygen atoms in total. The second kappa shape index (κ2) is 4.80. The van der Waals surface area contributed by atoms with Crippen molar-refractivity contribution in [2.45, 2.75) is 0 Å². The molecule has 5 heteroatoms. The number of hydrogen-bond donors (Lipinski definition) is 0. The van der Waals surface area contributed by atoms with Crippen LogP contribution in [-0.4, -0.2) is 4.98 Å². The normalized spacial score (nSPS) is 10.5. The van der Waals surface area contributed by atoms with E-state index >= 15 is 0 Å². The van der Waals surface area contributed by atoms with Crippen LogP contribution in [0, 0.1) is 0 Å². The van der Waals surface area contributed by atoms with Crippen LogP contribution in [0.3, 0.4) is 0 Å². The SMILES string of the molecule is Clc1cc(Cl)c(Cl)c(-c2ccncc2Cl)c1. The predicted octanol–water partition coefficient (Wildman–Crippen LogP) is 5.36. The highest BCUT2D eigenvalue weighted by Gasteiger charge is 2.11. The first-order valence-electron chi connectivity index (χ1n) is 4.34. The van der Waals surface area contributed by atoms with Crippen molar-refractivity contribution in [2.24, 2.45) is 0 Å². The molecule has 2 aromatic rings. The summed E-state index contributed by atoms with van der Waals surface area (Å²) in [5.41, 5.74) is 1.46. The second-order valence-electron chi connectivity index (χ2n) is 3.10. The van der Waals surface area contributed by atoms with Gasteiger partial charge in [-0.05, 0) is 18.2 Å². The van der Waals surface area contributed by atoms with Crippen molar-refractivity contribution in [1.29, 1.82) is 0 Å². The first-order valence-corrected chi connectivity index (χ1v) is 5.85. The van der Waals surface area contributed by atoms with Gasteiger partial charge in [-0.2, -0.15) is 0 Å². The zero-order valence-corrected chi connectivity index (χ0v) is 10.9. The fraction of sp³-hybridized carbons (Fsp3) is 0. The van der Waals surface area contributed by atoms with Crippen LogP contribution >= 0.6 is 46.4 Å². The maximum Gasteiger partial charge on any atom is 0.0672 e. The number of rotatable bonds is 1. The third-order valence-corrected chi connectivity index (χ3v) is 3.38. The molecule has 0 fully saturated rings. The number of aromatic nitrogens is 1. The molecule has 0 aliphatic rings. The summed E-state index contributed by atoms with van der Waals surface area (Å²) in [4.78, 5) is 3.90. The standard InChI is InChI=1S/C11H5Cl4N/c12-6-3-8(11(15)9(13)4-6)7-1-2-16-5-10(7)14/h1-5H. The Bertz CT molecular complexity index is 540. The highest BCUT2D eigenvalue weighted by molar-refractivity contribution is 6.45.